The molecule has 9 heteroatoms. The van der Waals surface area contributed by atoms with Crippen LogP contribution < -0.4 is 15.0 Å². The fourth-order valence-corrected chi connectivity index (χ4v) is 4.57. The molecule has 0 bridgehead atoms. The van der Waals surface area contributed by atoms with Crippen molar-refractivity contribution in [3.05, 3.63) is 76.7 Å². The van der Waals surface area contributed by atoms with E-state index in [0.29, 0.717) is 50.4 Å². The van der Waals surface area contributed by atoms with Gasteiger partial charge >= 0.3 is 6.03 Å². The lowest BCUT2D eigenvalue weighted by Gasteiger charge is -2.34. The lowest BCUT2D eigenvalue weighted by Crippen LogP contribution is -2.42. The van der Waals surface area contributed by atoms with E-state index in [1.807, 2.05) is 24.3 Å². The summed E-state index contributed by atoms with van der Waals surface area (Å²) in [4.78, 5) is 27.0. The molecule has 1 aromatic heterocycles. The molecule has 2 aliphatic rings. The van der Waals surface area contributed by atoms with Gasteiger partial charge in [0.1, 0.15) is 17.4 Å². The third kappa shape index (κ3) is 5.24. The number of aromatic nitrogens is 2. The van der Waals surface area contributed by atoms with Gasteiger partial charge in [-0.15, -0.1) is 0 Å². The van der Waals surface area contributed by atoms with Crippen molar-refractivity contribution in [2.45, 2.75) is 19.4 Å². The molecule has 0 saturated carbocycles. The lowest BCUT2D eigenvalue weighted by atomic mass is 10.0. The van der Waals surface area contributed by atoms with Gasteiger partial charge in [-0.05, 0) is 35.9 Å². The highest BCUT2D eigenvalue weighted by Gasteiger charge is 2.28. The Morgan fingerprint density at radius 1 is 1.14 bits per heavy atom. The van der Waals surface area contributed by atoms with E-state index in [-0.39, 0.29) is 6.03 Å². The maximum Gasteiger partial charge on any atom is 0.322 e. The second-order valence-corrected chi connectivity index (χ2v) is 8.81. The van der Waals surface area contributed by atoms with Gasteiger partial charge in [-0.25, -0.2) is 14.8 Å². The number of carbonyl (C=O) groups is 1. The highest BCUT2D eigenvalue weighted by Crippen LogP contribution is 2.29. The van der Waals surface area contributed by atoms with Crippen LogP contribution in [-0.4, -0.2) is 60.9 Å². The summed E-state index contributed by atoms with van der Waals surface area (Å²) in [5.41, 5.74) is 4.16. The third-order valence-electron chi connectivity index (χ3n) is 6.42. The standard InChI is InChI=1S/C27H28N6O3/c1-35-22-7-3-4-19(15-22)16-25-30-24-8-9-33(27(34)29-21-6-2-5-20(14-21)17-28)18-23(24)26(31-25)32-10-12-36-13-11-32/h2-7,14-15H,8-13,16,18H2,1H3,(H,29,34). The fraction of sp³-hybridized carbons (Fsp3) is 0.333. The molecule has 2 aromatic carbocycles. The van der Waals surface area contributed by atoms with Crippen LogP contribution in [0.2, 0.25) is 0 Å². The van der Waals surface area contributed by atoms with Crippen LogP contribution in [0.4, 0.5) is 16.3 Å². The molecule has 3 aromatic rings. The number of carbonyl (C=O) groups excluding carboxylic acids is 1. The van der Waals surface area contributed by atoms with Crippen LogP contribution in [0.3, 0.4) is 0 Å². The van der Waals surface area contributed by atoms with Crippen LogP contribution in [0.5, 0.6) is 5.75 Å². The first-order valence-electron chi connectivity index (χ1n) is 12.0. The monoisotopic (exact) mass is 484 g/mol. The summed E-state index contributed by atoms with van der Waals surface area (Å²) in [7, 11) is 1.66. The van der Waals surface area contributed by atoms with Gasteiger partial charge in [-0.1, -0.05) is 18.2 Å². The number of nitrogens with zero attached hydrogens (tertiary/aromatic N) is 5. The van der Waals surface area contributed by atoms with Crippen LogP contribution in [0.1, 0.15) is 28.2 Å². The van der Waals surface area contributed by atoms with Gasteiger partial charge in [0.15, 0.2) is 0 Å². The first kappa shape index (κ1) is 23.6. The summed E-state index contributed by atoms with van der Waals surface area (Å²) in [6.07, 6.45) is 1.24. The van der Waals surface area contributed by atoms with Crippen molar-refractivity contribution in [2.24, 2.45) is 0 Å². The van der Waals surface area contributed by atoms with E-state index in [1.165, 1.54) is 0 Å². The third-order valence-corrected chi connectivity index (χ3v) is 6.42. The van der Waals surface area contributed by atoms with Crippen LogP contribution in [0.15, 0.2) is 48.5 Å². The minimum absolute atomic E-state index is 0.205. The molecule has 36 heavy (non-hydrogen) atoms. The van der Waals surface area contributed by atoms with E-state index in [9.17, 15) is 4.79 Å². The predicted molar refractivity (Wildman–Crippen MR) is 135 cm³/mol. The Hall–Kier alpha value is -4.16. The van der Waals surface area contributed by atoms with E-state index >= 15 is 0 Å². The van der Waals surface area contributed by atoms with Gasteiger partial charge in [0, 0.05) is 43.7 Å². The molecule has 0 atom stereocenters. The molecule has 184 valence electrons. The average molecular weight is 485 g/mol. The van der Waals surface area contributed by atoms with Crippen molar-refractivity contribution in [3.8, 4) is 11.8 Å². The fourth-order valence-electron chi connectivity index (χ4n) is 4.57. The number of nitrogens with one attached hydrogen (secondary N) is 1. The van der Waals surface area contributed by atoms with Crippen molar-refractivity contribution < 1.29 is 14.3 Å². The van der Waals surface area contributed by atoms with Crippen LogP contribution in [0, 0.1) is 11.3 Å². The number of benzene rings is 2. The van der Waals surface area contributed by atoms with Crippen LogP contribution >= 0.6 is 0 Å². The minimum Gasteiger partial charge on any atom is -0.497 e. The first-order valence-corrected chi connectivity index (χ1v) is 12.0. The maximum atomic E-state index is 13.1. The first-order chi connectivity index (χ1) is 17.6. The number of rotatable bonds is 5. The zero-order chi connectivity index (χ0) is 24.9. The number of methoxy groups -OCH3 is 1. The molecule has 0 radical (unpaired) electrons. The van der Waals surface area contributed by atoms with Crippen LogP contribution in [0.25, 0.3) is 0 Å². The molecule has 3 heterocycles. The molecule has 0 aliphatic carbocycles. The summed E-state index contributed by atoms with van der Waals surface area (Å²) in [5, 5.41) is 12.1. The van der Waals surface area contributed by atoms with E-state index in [0.717, 1.165) is 47.3 Å². The van der Waals surface area contributed by atoms with Gasteiger partial charge in [0.25, 0.3) is 0 Å². The molecule has 2 amide bonds. The zero-order valence-electron chi connectivity index (χ0n) is 20.2. The number of hydrogen-bond donors (Lipinski definition) is 1. The average Bonchev–Trinajstić information content (AvgIpc) is 2.93. The van der Waals surface area contributed by atoms with Crippen molar-refractivity contribution in [1.29, 1.82) is 5.26 Å². The van der Waals surface area contributed by atoms with Crippen molar-refractivity contribution in [2.75, 3.05) is 50.2 Å². The predicted octanol–water partition coefficient (Wildman–Crippen LogP) is 3.37. The Balaban J connectivity index is 1.41. The number of urea groups is 1. The van der Waals surface area contributed by atoms with Crippen molar-refractivity contribution >= 4 is 17.5 Å². The Kier molecular flexibility index (Phi) is 6.96. The second kappa shape index (κ2) is 10.6. The van der Waals surface area contributed by atoms with Gasteiger partial charge < -0.3 is 24.6 Å². The highest BCUT2D eigenvalue weighted by atomic mass is 16.5. The minimum atomic E-state index is -0.205. The summed E-state index contributed by atoms with van der Waals surface area (Å²) in [5.74, 6) is 2.45. The summed E-state index contributed by atoms with van der Waals surface area (Å²) in [6.45, 7) is 3.75. The zero-order valence-corrected chi connectivity index (χ0v) is 20.2. The molecular formula is C27H28N6O3. The molecule has 9 nitrogen and oxygen atoms in total. The number of morpholine rings is 1. The smallest absolute Gasteiger partial charge is 0.322 e. The highest BCUT2D eigenvalue weighted by molar-refractivity contribution is 5.89. The number of nitriles is 1. The Morgan fingerprint density at radius 3 is 2.78 bits per heavy atom. The number of ether oxygens (including phenoxy) is 2. The Morgan fingerprint density at radius 2 is 1.97 bits per heavy atom. The van der Waals surface area contributed by atoms with Crippen molar-refractivity contribution in [3.63, 3.8) is 0 Å². The molecule has 1 fully saturated rings. The normalized spacial score (nSPS) is 15.1. The Labute approximate surface area is 210 Å². The number of amides is 2. The maximum absolute atomic E-state index is 13.1. The lowest BCUT2D eigenvalue weighted by molar-refractivity contribution is 0.122. The van der Waals surface area contributed by atoms with E-state index in [2.05, 4.69) is 16.3 Å². The van der Waals surface area contributed by atoms with E-state index < -0.39 is 0 Å². The summed E-state index contributed by atoms with van der Waals surface area (Å²) < 4.78 is 10.9. The molecule has 0 unspecified atom stereocenters. The number of anilines is 2. The van der Waals surface area contributed by atoms with Crippen molar-refractivity contribution in [1.82, 2.24) is 14.9 Å². The molecule has 2 aliphatic heterocycles. The van der Waals surface area contributed by atoms with Gasteiger partial charge in [-0.3, -0.25) is 0 Å². The largest absolute Gasteiger partial charge is 0.497 e. The topological polar surface area (TPSA) is 104 Å². The van der Waals surface area contributed by atoms with Crippen LogP contribution in [-0.2, 0) is 24.1 Å². The Bertz CT molecular complexity index is 1300. The molecule has 1 saturated heterocycles. The molecule has 1 N–H and O–H groups in total. The second-order valence-electron chi connectivity index (χ2n) is 8.81. The molecule has 0 spiro atoms. The summed E-state index contributed by atoms with van der Waals surface area (Å²) >= 11 is 0. The summed E-state index contributed by atoms with van der Waals surface area (Å²) in [6, 6.07) is 16.8. The quantitative estimate of drug-likeness (QED) is 0.592. The number of fused-ring (bicyclic) bond motifs is 1. The van der Waals surface area contributed by atoms with Gasteiger partial charge in [-0.2, -0.15) is 5.26 Å². The SMILES string of the molecule is COc1cccc(Cc2nc3c(c(N4CCOCC4)n2)CN(C(=O)Nc2cccc(C#N)c2)CC3)c1. The van der Waals surface area contributed by atoms with E-state index in [1.54, 1.807) is 36.3 Å². The molecular weight excluding hydrogens is 456 g/mol. The number of hydrogen-bond acceptors (Lipinski definition) is 7. The van der Waals surface area contributed by atoms with Gasteiger partial charge in [0.05, 0.1) is 44.2 Å². The van der Waals surface area contributed by atoms with Gasteiger partial charge in [0.2, 0.25) is 0 Å². The van der Waals surface area contributed by atoms with E-state index in [4.69, 9.17) is 24.7 Å². The molecule has 5 rings (SSSR count).